The quantitative estimate of drug-likeness (QED) is 0.469. The minimum absolute atomic E-state index is 0.0341. The molecular weight excluding hydrogens is 438 g/mol. The van der Waals surface area contributed by atoms with E-state index in [1.165, 1.54) is 5.69 Å². The van der Waals surface area contributed by atoms with Gasteiger partial charge in [-0.2, -0.15) is 0 Å². The summed E-state index contributed by atoms with van der Waals surface area (Å²) in [6.07, 6.45) is 1.84. The molecule has 35 heavy (non-hydrogen) atoms. The number of carbonyl (C=O) groups is 1. The highest BCUT2D eigenvalue weighted by Crippen LogP contribution is 2.27. The molecule has 178 valence electrons. The summed E-state index contributed by atoms with van der Waals surface area (Å²) in [5.74, 6) is -0.952. The highest BCUT2D eigenvalue weighted by atomic mass is 16.4. The highest BCUT2D eigenvalue weighted by molar-refractivity contribution is 5.92. The molecule has 3 aromatic carbocycles. The van der Waals surface area contributed by atoms with E-state index in [4.69, 9.17) is 0 Å². The van der Waals surface area contributed by atoms with Crippen LogP contribution in [0.3, 0.4) is 0 Å². The summed E-state index contributed by atoms with van der Waals surface area (Å²) in [5.41, 5.74) is 5.27. The molecule has 1 aliphatic heterocycles. The van der Waals surface area contributed by atoms with Crippen LogP contribution < -0.4 is 10.5 Å². The summed E-state index contributed by atoms with van der Waals surface area (Å²) in [6.45, 7) is 6.67. The molecule has 6 nitrogen and oxygen atoms in total. The zero-order chi connectivity index (χ0) is 24.5. The van der Waals surface area contributed by atoms with E-state index in [9.17, 15) is 14.7 Å². The lowest BCUT2D eigenvalue weighted by Crippen LogP contribution is -2.44. The number of anilines is 1. The van der Waals surface area contributed by atoms with Crippen molar-refractivity contribution in [3.8, 4) is 11.1 Å². The molecule has 5 rings (SSSR count). The number of aromatic carboxylic acids is 1. The molecule has 1 aliphatic rings. The lowest BCUT2D eigenvalue weighted by molar-refractivity contribution is 0.0697. The Morgan fingerprint density at radius 2 is 1.66 bits per heavy atom. The van der Waals surface area contributed by atoms with E-state index in [-0.39, 0.29) is 11.1 Å². The Balaban J connectivity index is 1.39. The molecule has 0 radical (unpaired) electrons. The molecule has 0 spiro atoms. The van der Waals surface area contributed by atoms with Gasteiger partial charge in [-0.05, 0) is 84.1 Å². The lowest BCUT2D eigenvalue weighted by atomic mass is 9.96. The molecule has 0 aliphatic carbocycles. The molecule has 1 fully saturated rings. The second-order valence-corrected chi connectivity index (χ2v) is 9.34. The first-order valence-corrected chi connectivity index (χ1v) is 11.9. The van der Waals surface area contributed by atoms with Gasteiger partial charge in [0.05, 0.1) is 12.1 Å². The fraction of sp³-hybridized carbons (Fsp3) is 0.241. The number of rotatable bonds is 5. The Bertz CT molecular complexity index is 1450. The van der Waals surface area contributed by atoms with Crippen LogP contribution in [0.2, 0.25) is 0 Å². The van der Waals surface area contributed by atoms with Crippen molar-refractivity contribution in [2.24, 2.45) is 0 Å². The number of carboxylic acids is 1. The molecule has 0 atom stereocenters. The predicted molar refractivity (Wildman–Crippen MR) is 141 cm³/mol. The van der Waals surface area contributed by atoms with Crippen LogP contribution in [0.25, 0.3) is 21.9 Å². The normalized spacial score (nSPS) is 14.4. The van der Waals surface area contributed by atoms with Gasteiger partial charge >= 0.3 is 5.97 Å². The Morgan fingerprint density at radius 3 is 2.37 bits per heavy atom. The molecule has 1 saturated heterocycles. The minimum Gasteiger partial charge on any atom is -0.478 e. The zero-order valence-corrected chi connectivity index (χ0v) is 20.1. The number of likely N-dealkylation sites (N-methyl/N-ethyl adjacent to an activating group) is 1. The van der Waals surface area contributed by atoms with E-state index in [0.29, 0.717) is 11.9 Å². The third-order valence-corrected chi connectivity index (χ3v) is 6.93. The zero-order valence-electron chi connectivity index (χ0n) is 20.1. The van der Waals surface area contributed by atoms with Gasteiger partial charge in [0.15, 0.2) is 0 Å². The molecule has 0 saturated carbocycles. The maximum absolute atomic E-state index is 13.2. The van der Waals surface area contributed by atoms with Crippen molar-refractivity contribution in [3.63, 3.8) is 0 Å². The summed E-state index contributed by atoms with van der Waals surface area (Å²) in [6, 6.07) is 21.3. The Kier molecular flexibility index (Phi) is 6.14. The molecule has 1 aromatic heterocycles. The SMILES string of the molecule is Cc1ccc(C(=O)O)cc1-c1ccc2c(=O)n(Cc3ccc(N4CCN(C)CC4)cc3)ccc2c1. The van der Waals surface area contributed by atoms with E-state index in [0.717, 1.165) is 53.8 Å². The maximum atomic E-state index is 13.2. The van der Waals surface area contributed by atoms with Crippen molar-refractivity contribution < 1.29 is 9.90 Å². The van der Waals surface area contributed by atoms with Crippen LogP contribution >= 0.6 is 0 Å². The van der Waals surface area contributed by atoms with Crippen LogP contribution in [0.15, 0.2) is 77.7 Å². The predicted octanol–water partition coefficient (Wildman–Crippen LogP) is 4.48. The van der Waals surface area contributed by atoms with Gasteiger partial charge in [-0.3, -0.25) is 4.79 Å². The number of hydrogen-bond acceptors (Lipinski definition) is 4. The Morgan fingerprint density at radius 1 is 0.914 bits per heavy atom. The van der Waals surface area contributed by atoms with E-state index in [1.807, 2.05) is 43.5 Å². The number of aryl methyl sites for hydroxylation is 1. The summed E-state index contributed by atoms with van der Waals surface area (Å²) in [5, 5.41) is 10.8. The van der Waals surface area contributed by atoms with Gasteiger partial charge in [0.1, 0.15) is 0 Å². The van der Waals surface area contributed by atoms with Gasteiger partial charge in [0.25, 0.3) is 5.56 Å². The van der Waals surface area contributed by atoms with Gasteiger partial charge in [-0.15, -0.1) is 0 Å². The van der Waals surface area contributed by atoms with Crippen molar-refractivity contribution in [3.05, 3.63) is 100.0 Å². The molecule has 1 N–H and O–H groups in total. The van der Waals surface area contributed by atoms with Gasteiger partial charge < -0.3 is 19.5 Å². The summed E-state index contributed by atoms with van der Waals surface area (Å²) >= 11 is 0. The van der Waals surface area contributed by atoms with Crippen molar-refractivity contribution in [2.75, 3.05) is 38.1 Å². The first kappa shape index (κ1) is 22.9. The topological polar surface area (TPSA) is 65.8 Å². The van der Waals surface area contributed by atoms with E-state index >= 15 is 0 Å². The number of aromatic nitrogens is 1. The standard InChI is InChI=1S/C29H29N3O3/c1-20-3-6-24(29(34)35)18-27(20)22-7-10-26-23(17-22)11-12-32(28(26)33)19-21-4-8-25(9-5-21)31-15-13-30(2)14-16-31/h3-12,17-18H,13-16,19H2,1-2H3,(H,34,35). The number of pyridine rings is 1. The number of nitrogens with zero attached hydrogens (tertiary/aromatic N) is 3. The van der Waals surface area contributed by atoms with Crippen molar-refractivity contribution in [2.45, 2.75) is 13.5 Å². The van der Waals surface area contributed by atoms with Crippen LogP contribution in [-0.4, -0.2) is 53.8 Å². The average molecular weight is 468 g/mol. The second-order valence-electron chi connectivity index (χ2n) is 9.34. The third kappa shape index (κ3) is 4.70. The Labute approximate surface area is 204 Å². The minimum atomic E-state index is -0.952. The van der Waals surface area contributed by atoms with Crippen molar-refractivity contribution in [1.29, 1.82) is 0 Å². The summed E-state index contributed by atoms with van der Waals surface area (Å²) < 4.78 is 1.74. The highest BCUT2D eigenvalue weighted by Gasteiger charge is 2.14. The maximum Gasteiger partial charge on any atom is 0.335 e. The third-order valence-electron chi connectivity index (χ3n) is 6.93. The number of benzene rings is 3. The second kappa shape index (κ2) is 9.39. The summed E-state index contributed by atoms with van der Waals surface area (Å²) in [4.78, 5) is 29.4. The van der Waals surface area contributed by atoms with E-state index < -0.39 is 5.97 Å². The van der Waals surface area contributed by atoms with Crippen LogP contribution in [0.4, 0.5) is 5.69 Å². The fourth-order valence-corrected chi connectivity index (χ4v) is 4.72. The first-order valence-electron chi connectivity index (χ1n) is 11.9. The Hall–Kier alpha value is -3.90. The molecule has 0 amide bonds. The number of carboxylic acid groups (broad SMARTS) is 1. The van der Waals surface area contributed by atoms with Crippen LogP contribution in [0, 0.1) is 6.92 Å². The van der Waals surface area contributed by atoms with Gasteiger partial charge in [0.2, 0.25) is 0 Å². The lowest BCUT2D eigenvalue weighted by Gasteiger charge is -2.34. The smallest absolute Gasteiger partial charge is 0.335 e. The van der Waals surface area contributed by atoms with Crippen molar-refractivity contribution in [1.82, 2.24) is 9.47 Å². The van der Waals surface area contributed by atoms with E-state index in [1.54, 1.807) is 16.7 Å². The summed E-state index contributed by atoms with van der Waals surface area (Å²) in [7, 11) is 2.15. The molecule has 0 bridgehead atoms. The van der Waals surface area contributed by atoms with Crippen LogP contribution in [0.1, 0.15) is 21.5 Å². The molecular formula is C29H29N3O3. The average Bonchev–Trinajstić information content (AvgIpc) is 2.87. The number of piperazine rings is 1. The van der Waals surface area contributed by atoms with E-state index in [2.05, 4.69) is 41.1 Å². The largest absolute Gasteiger partial charge is 0.478 e. The molecule has 0 unspecified atom stereocenters. The number of fused-ring (bicyclic) bond motifs is 1. The number of hydrogen-bond donors (Lipinski definition) is 1. The van der Waals surface area contributed by atoms with Crippen LogP contribution in [0.5, 0.6) is 0 Å². The molecule has 2 heterocycles. The van der Waals surface area contributed by atoms with Crippen LogP contribution in [-0.2, 0) is 6.54 Å². The fourth-order valence-electron chi connectivity index (χ4n) is 4.72. The van der Waals surface area contributed by atoms with Gasteiger partial charge in [-0.25, -0.2) is 4.79 Å². The van der Waals surface area contributed by atoms with Gasteiger partial charge in [-0.1, -0.05) is 24.3 Å². The monoisotopic (exact) mass is 467 g/mol. The first-order chi connectivity index (χ1) is 16.9. The van der Waals surface area contributed by atoms with Crippen molar-refractivity contribution >= 4 is 22.4 Å². The molecule has 4 aromatic rings. The molecule has 6 heteroatoms. The van der Waals surface area contributed by atoms with Gasteiger partial charge in [0, 0.05) is 43.4 Å².